The number of thiophene rings is 1. The molecule has 0 radical (unpaired) electrons. The summed E-state index contributed by atoms with van der Waals surface area (Å²) < 4.78 is 5.36. The molecule has 1 saturated heterocycles. The van der Waals surface area contributed by atoms with Gasteiger partial charge in [0.1, 0.15) is 5.76 Å². The van der Waals surface area contributed by atoms with Crippen LogP contribution in [0, 0.1) is 5.92 Å². The highest BCUT2D eigenvalue weighted by molar-refractivity contribution is 7.12. The molecule has 0 saturated carbocycles. The molecule has 100 valence electrons. The number of furan rings is 1. The Morgan fingerprint density at radius 2 is 2.42 bits per heavy atom. The third-order valence-electron chi connectivity index (χ3n) is 3.56. The number of hydrogen-bond acceptors (Lipinski definition) is 3. The maximum absolute atomic E-state index is 12.4. The zero-order valence-corrected chi connectivity index (χ0v) is 11.8. The molecule has 0 aliphatic carbocycles. The first-order valence-corrected chi connectivity index (χ1v) is 7.53. The van der Waals surface area contributed by atoms with Gasteiger partial charge in [0.15, 0.2) is 0 Å². The van der Waals surface area contributed by atoms with Gasteiger partial charge in [0.2, 0.25) is 0 Å². The van der Waals surface area contributed by atoms with Gasteiger partial charge in [-0.2, -0.15) is 0 Å². The van der Waals surface area contributed by atoms with Gasteiger partial charge >= 0.3 is 0 Å². The minimum Gasteiger partial charge on any atom is -0.464 e. The Balaban J connectivity index is 1.77. The highest BCUT2D eigenvalue weighted by Gasteiger charge is 2.23. The van der Waals surface area contributed by atoms with Crippen LogP contribution in [0.3, 0.4) is 0 Å². The van der Waals surface area contributed by atoms with Gasteiger partial charge in [-0.3, -0.25) is 4.79 Å². The Labute approximate surface area is 116 Å². The van der Waals surface area contributed by atoms with Crippen molar-refractivity contribution in [2.75, 3.05) is 13.1 Å². The van der Waals surface area contributed by atoms with E-state index in [-0.39, 0.29) is 5.91 Å². The van der Waals surface area contributed by atoms with E-state index in [4.69, 9.17) is 4.42 Å². The van der Waals surface area contributed by atoms with Crippen LogP contribution in [0.5, 0.6) is 0 Å². The lowest BCUT2D eigenvalue weighted by atomic mass is 10.0. The average molecular weight is 275 g/mol. The summed E-state index contributed by atoms with van der Waals surface area (Å²) in [7, 11) is 0. The van der Waals surface area contributed by atoms with E-state index in [1.54, 1.807) is 6.26 Å². The molecule has 0 bridgehead atoms. The second-order valence-electron chi connectivity index (χ2n) is 5.18. The zero-order chi connectivity index (χ0) is 13.2. The fourth-order valence-electron chi connectivity index (χ4n) is 2.55. The van der Waals surface area contributed by atoms with Crippen LogP contribution in [-0.2, 0) is 0 Å². The van der Waals surface area contributed by atoms with Crippen molar-refractivity contribution in [3.63, 3.8) is 0 Å². The largest absolute Gasteiger partial charge is 0.464 e. The summed E-state index contributed by atoms with van der Waals surface area (Å²) in [6.07, 6.45) is 4.00. The van der Waals surface area contributed by atoms with Crippen molar-refractivity contribution in [1.82, 2.24) is 4.90 Å². The zero-order valence-electron chi connectivity index (χ0n) is 11.0. The molecule has 1 aliphatic rings. The highest BCUT2D eigenvalue weighted by Crippen LogP contribution is 2.28. The summed E-state index contributed by atoms with van der Waals surface area (Å²) in [6, 6.07) is 5.71. The fourth-order valence-corrected chi connectivity index (χ4v) is 3.41. The molecule has 3 heterocycles. The predicted octanol–water partition coefficient (Wildman–Crippen LogP) is 3.88. The quantitative estimate of drug-likeness (QED) is 0.833. The molecule has 0 unspecified atom stereocenters. The maximum Gasteiger partial charge on any atom is 0.263 e. The summed E-state index contributed by atoms with van der Waals surface area (Å²) in [5.74, 6) is 1.60. The van der Waals surface area contributed by atoms with Gasteiger partial charge in [-0.15, -0.1) is 11.3 Å². The van der Waals surface area contributed by atoms with Crippen molar-refractivity contribution in [2.24, 2.45) is 5.92 Å². The second kappa shape index (κ2) is 5.21. The predicted molar refractivity (Wildman–Crippen MR) is 76.3 cm³/mol. The molecule has 19 heavy (non-hydrogen) atoms. The Kier molecular flexibility index (Phi) is 3.42. The molecule has 1 amide bonds. The van der Waals surface area contributed by atoms with Gasteiger partial charge in [-0.25, -0.2) is 0 Å². The Bertz CT molecular complexity index is 558. The van der Waals surface area contributed by atoms with E-state index in [1.807, 2.05) is 28.5 Å². The van der Waals surface area contributed by atoms with Gasteiger partial charge in [0.05, 0.1) is 11.1 Å². The minimum absolute atomic E-state index is 0.161. The molecule has 3 rings (SSSR count). The molecular formula is C15H17NO2S. The molecule has 2 aromatic rings. The Morgan fingerprint density at radius 1 is 1.53 bits per heavy atom. The maximum atomic E-state index is 12.4. The van der Waals surface area contributed by atoms with E-state index in [1.165, 1.54) is 17.8 Å². The molecule has 2 aromatic heterocycles. The molecule has 1 fully saturated rings. The fraction of sp³-hybridized carbons (Fsp3) is 0.400. The standard InChI is InChI=1S/C15H17NO2S/c1-11-4-2-6-16(9-11)15(17)14-8-12(10-19-14)13-5-3-7-18-13/h3,5,7-8,10-11H,2,4,6,9H2,1H3/t11-/m1/s1. The van der Waals surface area contributed by atoms with Gasteiger partial charge < -0.3 is 9.32 Å². The van der Waals surface area contributed by atoms with Crippen LogP contribution in [0.1, 0.15) is 29.4 Å². The van der Waals surface area contributed by atoms with Crippen LogP contribution in [0.2, 0.25) is 0 Å². The SMILES string of the molecule is C[C@@H]1CCCN(C(=O)c2cc(-c3ccco3)cs2)C1. The normalized spacial score (nSPS) is 19.6. The first-order valence-electron chi connectivity index (χ1n) is 6.66. The lowest BCUT2D eigenvalue weighted by Gasteiger charge is -2.30. The number of rotatable bonds is 2. The molecule has 4 heteroatoms. The van der Waals surface area contributed by atoms with Gasteiger partial charge in [-0.1, -0.05) is 6.92 Å². The van der Waals surface area contributed by atoms with E-state index in [2.05, 4.69) is 6.92 Å². The lowest BCUT2D eigenvalue weighted by Crippen LogP contribution is -2.38. The number of nitrogens with zero attached hydrogens (tertiary/aromatic N) is 1. The van der Waals surface area contributed by atoms with Gasteiger partial charge in [0, 0.05) is 24.0 Å². The topological polar surface area (TPSA) is 33.5 Å². The van der Waals surface area contributed by atoms with Crippen LogP contribution < -0.4 is 0 Å². The van der Waals surface area contributed by atoms with Crippen LogP contribution in [-0.4, -0.2) is 23.9 Å². The first kappa shape index (κ1) is 12.5. The van der Waals surface area contributed by atoms with Crippen LogP contribution in [0.25, 0.3) is 11.3 Å². The van der Waals surface area contributed by atoms with Crippen molar-refractivity contribution in [2.45, 2.75) is 19.8 Å². The monoisotopic (exact) mass is 275 g/mol. The third-order valence-corrected chi connectivity index (χ3v) is 4.48. The summed E-state index contributed by atoms with van der Waals surface area (Å²) in [6.45, 7) is 3.98. The number of carbonyl (C=O) groups excluding carboxylic acids is 1. The first-order chi connectivity index (χ1) is 9.24. The van der Waals surface area contributed by atoms with Crippen molar-refractivity contribution in [1.29, 1.82) is 0 Å². The summed E-state index contributed by atoms with van der Waals surface area (Å²) >= 11 is 1.50. The third kappa shape index (κ3) is 2.59. The molecular weight excluding hydrogens is 258 g/mol. The molecule has 1 aliphatic heterocycles. The number of likely N-dealkylation sites (tertiary alicyclic amines) is 1. The van der Waals surface area contributed by atoms with Crippen LogP contribution in [0.4, 0.5) is 0 Å². The smallest absolute Gasteiger partial charge is 0.263 e. The van der Waals surface area contributed by atoms with Crippen LogP contribution >= 0.6 is 11.3 Å². The summed E-state index contributed by atoms with van der Waals surface area (Å²) in [5.41, 5.74) is 0.989. The van der Waals surface area contributed by atoms with Crippen molar-refractivity contribution in [3.8, 4) is 11.3 Å². The number of amides is 1. The molecule has 0 spiro atoms. The number of piperidine rings is 1. The molecule has 0 aromatic carbocycles. The van der Waals surface area contributed by atoms with Gasteiger partial charge in [-0.05, 0) is 37.0 Å². The summed E-state index contributed by atoms with van der Waals surface area (Å²) in [5, 5.41) is 1.99. The molecule has 0 N–H and O–H groups in total. The average Bonchev–Trinajstić information content (AvgIpc) is 3.08. The van der Waals surface area contributed by atoms with E-state index >= 15 is 0 Å². The minimum atomic E-state index is 0.161. The molecule has 1 atom stereocenters. The van der Waals surface area contributed by atoms with Crippen molar-refractivity contribution in [3.05, 3.63) is 34.7 Å². The number of carbonyl (C=O) groups is 1. The van der Waals surface area contributed by atoms with E-state index < -0.39 is 0 Å². The van der Waals surface area contributed by atoms with Gasteiger partial charge in [0.25, 0.3) is 5.91 Å². The highest BCUT2D eigenvalue weighted by atomic mass is 32.1. The van der Waals surface area contributed by atoms with Crippen molar-refractivity contribution < 1.29 is 9.21 Å². The Hall–Kier alpha value is -1.55. The lowest BCUT2D eigenvalue weighted by molar-refractivity contribution is 0.0688. The van der Waals surface area contributed by atoms with E-state index in [9.17, 15) is 4.79 Å². The van der Waals surface area contributed by atoms with Crippen molar-refractivity contribution >= 4 is 17.2 Å². The van der Waals surface area contributed by atoms with Crippen LogP contribution in [0.15, 0.2) is 34.3 Å². The second-order valence-corrected chi connectivity index (χ2v) is 6.09. The van der Waals surface area contributed by atoms with E-state index in [0.29, 0.717) is 5.92 Å². The molecule has 3 nitrogen and oxygen atoms in total. The Morgan fingerprint density at radius 3 is 3.16 bits per heavy atom. The van der Waals surface area contributed by atoms with E-state index in [0.717, 1.165) is 35.7 Å². The number of hydrogen-bond donors (Lipinski definition) is 0. The summed E-state index contributed by atoms with van der Waals surface area (Å²) in [4.78, 5) is 15.2.